The Kier molecular flexibility index (Phi) is 6.02. The minimum atomic E-state index is -0.652. The zero-order valence-electron chi connectivity index (χ0n) is 20.5. The molecule has 0 bridgehead atoms. The lowest BCUT2D eigenvalue weighted by Gasteiger charge is -2.19. The van der Waals surface area contributed by atoms with E-state index >= 15 is 0 Å². The van der Waals surface area contributed by atoms with Crippen LogP contribution in [0.2, 0.25) is 0 Å². The molecule has 0 saturated heterocycles. The summed E-state index contributed by atoms with van der Waals surface area (Å²) in [5.41, 5.74) is 3.85. The van der Waals surface area contributed by atoms with Gasteiger partial charge in [-0.05, 0) is 72.4 Å². The molecule has 180 valence electrons. The molecule has 3 heterocycles. The first kappa shape index (κ1) is 23.0. The standard InChI is InChI=1S/C34H23N2PS/c1-3-10-25(11-4-1)37(26-12-5-2-6-13-26)27-18-20-34-29(23-27)28-22-24(17-19-33(28)38-34)30-15-9-16-32(36-30)31-14-7-8-21-35-31/h1-23H. The number of aromatic nitrogens is 2. The molecular formula is C34H23N2PS. The second-order valence-corrected chi connectivity index (χ2v) is 12.4. The Morgan fingerprint density at radius 2 is 1.11 bits per heavy atom. The largest absolute Gasteiger partial charge is 0.255 e. The highest BCUT2D eigenvalue weighted by Crippen LogP contribution is 2.39. The molecule has 38 heavy (non-hydrogen) atoms. The molecule has 0 aliphatic carbocycles. The van der Waals surface area contributed by atoms with E-state index in [1.807, 2.05) is 41.8 Å². The Morgan fingerprint density at radius 3 is 1.82 bits per heavy atom. The van der Waals surface area contributed by atoms with Crippen molar-refractivity contribution in [1.82, 2.24) is 9.97 Å². The molecule has 0 aliphatic rings. The van der Waals surface area contributed by atoms with E-state index in [2.05, 4.69) is 114 Å². The minimum Gasteiger partial charge on any atom is -0.255 e. The molecule has 0 N–H and O–H groups in total. The summed E-state index contributed by atoms with van der Waals surface area (Å²) in [7, 11) is -0.652. The molecule has 4 aromatic carbocycles. The number of pyridine rings is 2. The average molecular weight is 523 g/mol. The quantitative estimate of drug-likeness (QED) is 0.215. The normalized spacial score (nSPS) is 11.4. The summed E-state index contributed by atoms with van der Waals surface area (Å²) in [4.78, 5) is 9.44. The molecule has 7 rings (SSSR count). The third-order valence-corrected chi connectivity index (χ3v) is 10.3. The minimum absolute atomic E-state index is 0.652. The molecule has 0 atom stereocenters. The van der Waals surface area contributed by atoms with Crippen LogP contribution in [0.1, 0.15) is 0 Å². The van der Waals surface area contributed by atoms with Gasteiger partial charge in [-0.1, -0.05) is 84.9 Å². The number of nitrogens with zero attached hydrogens (tertiary/aromatic N) is 2. The molecule has 0 aliphatic heterocycles. The molecule has 0 spiro atoms. The van der Waals surface area contributed by atoms with Crippen molar-refractivity contribution < 1.29 is 0 Å². The third-order valence-electron chi connectivity index (χ3n) is 6.71. The maximum Gasteiger partial charge on any atom is 0.0893 e. The Hall–Kier alpha value is -4.17. The fraction of sp³-hybridized carbons (Fsp3) is 0. The number of rotatable bonds is 5. The van der Waals surface area contributed by atoms with Crippen LogP contribution in [0.25, 0.3) is 42.8 Å². The summed E-state index contributed by atoms with van der Waals surface area (Å²) in [5.74, 6) is 0. The van der Waals surface area contributed by atoms with Gasteiger partial charge in [0.25, 0.3) is 0 Å². The highest BCUT2D eigenvalue weighted by Gasteiger charge is 2.18. The number of fused-ring (bicyclic) bond motifs is 3. The van der Waals surface area contributed by atoms with Crippen molar-refractivity contribution in [2.45, 2.75) is 0 Å². The lowest BCUT2D eigenvalue weighted by molar-refractivity contribution is 1.25. The fourth-order valence-electron chi connectivity index (χ4n) is 4.92. The van der Waals surface area contributed by atoms with E-state index in [1.54, 1.807) is 0 Å². The maximum atomic E-state index is 4.95. The monoisotopic (exact) mass is 522 g/mol. The van der Waals surface area contributed by atoms with Crippen molar-refractivity contribution >= 4 is 55.3 Å². The van der Waals surface area contributed by atoms with Gasteiger partial charge in [0.15, 0.2) is 0 Å². The van der Waals surface area contributed by atoms with Gasteiger partial charge in [-0.3, -0.25) is 4.98 Å². The van der Waals surface area contributed by atoms with Crippen LogP contribution in [0.5, 0.6) is 0 Å². The SMILES string of the molecule is c1ccc(P(c2ccccc2)c2ccc3sc4ccc(-c5cccc(-c6ccccn6)n5)cc4c3c2)cc1. The van der Waals surface area contributed by atoms with Crippen LogP contribution in [0, 0.1) is 0 Å². The molecular weight excluding hydrogens is 499 g/mol. The van der Waals surface area contributed by atoms with E-state index in [0.717, 1.165) is 22.6 Å². The first-order chi connectivity index (χ1) is 18.8. The smallest absolute Gasteiger partial charge is 0.0893 e. The lowest BCUT2D eigenvalue weighted by atomic mass is 10.1. The van der Waals surface area contributed by atoms with Gasteiger partial charge < -0.3 is 0 Å². The molecule has 7 aromatic rings. The highest BCUT2D eigenvalue weighted by molar-refractivity contribution is 7.79. The van der Waals surface area contributed by atoms with Gasteiger partial charge in [-0.25, -0.2) is 4.98 Å². The Balaban J connectivity index is 1.36. The van der Waals surface area contributed by atoms with Gasteiger partial charge >= 0.3 is 0 Å². The van der Waals surface area contributed by atoms with Gasteiger partial charge in [-0.15, -0.1) is 11.3 Å². The van der Waals surface area contributed by atoms with Crippen LogP contribution in [-0.4, -0.2) is 9.97 Å². The number of hydrogen-bond acceptors (Lipinski definition) is 3. The Labute approximate surface area is 227 Å². The highest BCUT2D eigenvalue weighted by atomic mass is 32.1. The first-order valence-electron chi connectivity index (χ1n) is 12.6. The fourth-order valence-corrected chi connectivity index (χ4v) is 8.30. The molecule has 3 aromatic heterocycles. The van der Waals surface area contributed by atoms with Gasteiger partial charge in [0.1, 0.15) is 0 Å². The molecule has 0 radical (unpaired) electrons. The van der Waals surface area contributed by atoms with Crippen molar-refractivity contribution in [2.75, 3.05) is 0 Å². The Morgan fingerprint density at radius 1 is 0.474 bits per heavy atom. The Bertz CT molecular complexity index is 1830. The number of benzene rings is 4. The second kappa shape index (κ2) is 9.95. The topological polar surface area (TPSA) is 25.8 Å². The predicted molar refractivity (Wildman–Crippen MR) is 164 cm³/mol. The van der Waals surface area contributed by atoms with E-state index < -0.39 is 7.92 Å². The average Bonchev–Trinajstić information content (AvgIpc) is 3.36. The number of hydrogen-bond donors (Lipinski definition) is 0. The van der Waals surface area contributed by atoms with E-state index in [1.165, 1.54) is 36.1 Å². The van der Waals surface area contributed by atoms with Gasteiger partial charge in [0.05, 0.1) is 17.1 Å². The lowest BCUT2D eigenvalue weighted by Crippen LogP contribution is -2.20. The van der Waals surface area contributed by atoms with E-state index in [0.29, 0.717) is 0 Å². The van der Waals surface area contributed by atoms with Gasteiger partial charge in [-0.2, -0.15) is 0 Å². The number of thiophene rings is 1. The zero-order valence-corrected chi connectivity index (χ0v) is 22.2. The first-order valence-corrected chi connectivity index (χ1v) is 14.7. The van der Waals surface area contributed by atoms with Gasteiger partial charge in [0.2, 0.25) is 0 Å². The van der Waals surface area contributed by atoms with Crippen LogP contribution >= 0.6 is 19.3 Å². The van der Waals surface area contributed by atoms with Crippen LogP contribution in [0.4, 0.5) is 0 Å². The summed E-state index contributed by atoms with van der Waals surface area (Å²) >= 11 is 1.85. The van der Waals surface area contributed by atoms with Crippen LogP contribution in [0.3, 0.4) is 0 Å². The molecule has 0 unspecified atom stereocenters. The molecule has 0 saturated carbocycles. The van der Waals surface area contributed by atoms with Crippen LogP contribution in [-0.2, 0) is 0 Å². The summed E-state index contributed by atoms with van der Waals surface area (Å²) < 4.78 is 2.61. The van der Waals surface area contributed by atoms with Crippen molar-refractivity contribution in [2.24, 2.45) is 0 Å². The van der Waals surface area contributed by atoms with E-state index in [9.17, 15) is 0 Å². The summed E-state index contributed by atoms with van der Waals surface area (Å²) in [6, 6.07) is 47.6. The molecule has 4 heteroatoms. The molecule has 0 amide bonds. The van der Waals surface area contributed by atoms with Crippen molar-refractivity contribution in [3.63, 3.8) is 0 Å². The second-order valence-electron chi connectivity index (χ2n) is 9.12. The van der Waals surface area contributed by atoms with Crippen molar-refractivity contribution in [3.05, 3.63) is 140 Å². The van der Waals surface area contributed by atoms with E-state index in [-0.39, 0.29) is 0 Å². The van der Waals surface area contributed by atoms with Gasteiger partial charge in [0, 0.05) is 31.9 Å². The van der Waals surface area contributed by atoms with Crippen molar-refractivity contribution in [3.8, 4) is 22.6 Å². The summed E-state index contributed by atoms with van der Waals surface area (Å²) in [5, 5.41) is 6.69. The van der Waals surface area contributed by atoms with E-state index in [4.69, 9.17) is 4.98 Å². The summed E-state index contributed by atoms with van der Waals surface area (Å²) in [6.45, 7) is 0. The zero-order chi connectivity index (χ0) is 25.3. The summed E-state index contributed by atoms with van der Waals surface area (Å²) in [6.07, 6.45) is 1.81. The van der Waals surface area contributed by atoms with Crippen LogP contribution in [0.15, 0.2) is 140 Å². The molecule has 0 fully saturated rings. The van der Waals surface area contributed by atoms with Crippen molar-refractivity contribution in [1.29, 1.82) is 0 Å². The third kappa shape index (κ3) is 4.31. The van der Waals surface area contributed by atoms with Crippen LogP contribution < -0.4 is 15.9 Å². The predicted octanol–water partition coefficient (Wildman–Crippen LogP) is 7.94. The maximum absolute atomic E-state index is 4.95. The molecule has 2 nitrogen and oxygen atoms in total.